The minimum atomic E-state index is -2.98. The normalized spacial score (nSPS) is 22.2. The number of rotatable bonds is 8. The van der Waals surface area contributed by atoms with Crippen LogP contribution in [0.15, 0.2) is 12.1 Å². The highest BCUT2D eigenvalue weighted by molar-refractivity contribution is 5.39. The molecule has 0 saturated heterocycles. The van der Waals surface area contributed by atoms with Gasteiger partial charge in [0.25, 0.3) is 6.43 Å². The van der Waals surface area contributed by atoms with Gasteiger partial charge in [0.1, 0.15) is 0 Å². The standard InChI is InChI=1S/C20H29F3O2/c1-3-5-13-6-8-14(9-7-13)12-16(24)15-10-11-17(25-4-2)19(21)18(15)20(22)23/h10-11,13-14,16,20,24H,3-9,12H2,1-2H3. The van der Waals surface area contributed by atoms with Gasteiger partial charge in [-0.2, -0.15) is 0 Å². The van der Waals surface area contributed by atoms with Crippen molar-refractivity contribution in [2.75, 3.05) is 6.61 Å². The van der Waals surface area contributed by atoms with E-state index in [1.165, 1.54) is 25.0 Å². The Balaban J connectivity index is 2.08. The number of aliphatic hydroxyl groups excluding tert-OH is 1. The summed E-state index contributed by atoms with van der Waals surface area (Å²) >= 11 is 0. The average molecular weight is 358 g/mol. The molecule has 0 aromatic heterocycles. The predicted octanol–water partition coefficient (Wildman–Crippen LogP) is 6.19. The summed E-state index contributed by atoms with van der Waals surface area (Å²) in [6.45, 7) is 4.05. The third kappa shape index (κ3) is 5.13. The zero-order chi connectivity index (χ0) is 18.4. The van der Waals surface area contributed by atoms with E-state index in [1.54, 1.807) is 6.92 Å². The van der Waals surface area contributed by atoms with Crippen LogP contribution in [-0.4, -0.2) is 11.7 Å². The van der Waals surface area contributed by atoms with Gasteiger partial charge in [0, 0.05) is 0 Å². The molecule has 2 nitrogen and oxygen atoms in total. The molecule has 1 fully saturated rings. The van der Waals surface area contributed by atoms with E-state index in [1.807, 2.05) is 0 Å². The molecule has 0 spiro atoms. The maximum absolute atomic E-state index is 14.3. The van der Waals surface area contributed by atoms with Crippen LogP contribution in [0, 0.1) is 17.7 Å². The van der Waals surface area contributed by atoms with Gasteiger partial charge in [-0.3, -0.25) is 0 Å². The molecule has 0 radical (unpaired) electrons. The van der Waals surface area contributed by atoms with Gasteiger partial charge in [0.15, 0.2) is 11.6 Å². The van der Waals surface area contributed by atoms with Crippen LogP contribution in [0.2, 0.25) is 0 Å². The minimum absolute atomic E-state index is 0.00775. The number of aliphatic hydroxyl groups is 1. The Kier molecular flexibility index (Phi) is 7.60. The van der Waals surface area contributed by atoms with Crippen molar-refractivity contribution in [3.8, 4) is 5.75 Å². The number of ether oxygens (including phenoxy) is 1. The summed E-state index contributed by atoms with van der Waals surface area (Å²) in [5.74, 6) is -0.185. The van der Waals surface area contributed by atoms with E-state index < -0.39 is 23.9 Å². The highest BCUT2D eigenvalue weighted by Crippen LogP contribution is 2.40. The predicted molar refractivity (Wildman–Crippen MR) is 92.5 cm³/mol. The monoisotopic (exact) mass is 358 g/mol. The van der Waals surface area contributed by atoms with Crippen molar-refractivity contribution in [3.05, 3.63) is 29.1 Å². The molecule has 1 N–H and O–H groups in total. The van der Waals surface area contributed by atoms with Crippen molar-refractivity contribution in [2.24, 2.45) is 11.8 Å². The maximum Gasteiger partial charge on any atom is 0.267 e. The molecule has 1 aromatic rings. The number of hydrogen-bond donors (Lipinski definition) is 1. The summed E-state index contributed by atoms with van der Waals surface area (Å²) in [4.78, 5) is 0. The van der Waals surface area contributed by atoms with Crippen molar-refractivity contribution in [1.29, 1.82) is 0 Å². The van der Waals surface area contributed by atoms with E-state index in [9.17, 15) is 18.3 Å². The lowest BCUT2D eigenvalue weighted by molar-refractivity contribution is 0.107. The second kappa shape index (κ2) is 9.46. The van der Waals surface area contributed by atoms with Crippen LogP contribution < -0.4 is 4.74 Å². The molecular weight excluding hydrogens is 329 g/mol. The summed E-state index contributed by atoms with van der Waals surface area (Å²) in [7, 11) is 0. The molecule has 0 amide bonds. The summed E-state index contributed by atoms with van der Waals surface area (Å²) in [6, 6.07) is 2.71. The lowest BCUT2D eigenvalue weighted by Gasteiger charge is -2.30. The number of hydrogen-bond acceptors (Lipinski definition) is 2. The van der Waals surface area contributed by atoms with Crippen LogP contribution in [0.25, 0.3) is 0 Å². The molecule has 1 saturated carbocycles. The van der Waals surface area contributed by atoms with Crippen molar-refractivity contribution < 1.29 is 23.0 Å². The largest absolute Gasteiger partial charge is 0.491 e. The Morgan fingerprint density at radius 3 is 2.32 bits per heavy atom. The smallest absolute Gasteiger partial charge is 0.267 e. The lowest BCUT2D eigenvalue weighted by atomic mass is 9.77. The molecule has 0 heterocycles. The Hall–Kier alpha value is -1.23. The van der Waals surface area contributed by atoms with Gasteiger partial charge in [-0.05, 0) is 36.8 Å². The van der Waals surface area contributed by atoms with Crippen molar-refractivity contribution >= 4 is 0 Å². The number of alkyl halides is 2. The molecule has 1 aromatic carbocycles. The topological polar surface area (TPSA) is 29.5 Å². The van der Waals surface area contributed by atoms with E-state index in [2.05, 4.69) is 6.92 Å². The van der Waals surface area contributed by atoms with E-state index in [-0.39, 0.29) is 17.9 Å². The number of halogens is 3. The molecule has 1 aliphatic carbocycles. The van der Waals surface area contributed by atoms with Crippen molar-refractivity contribution in [2.45, 2.75) is 71.3 Å². The molecule has 1 unspecified atom stereocenters. The second-order valence-corrected chi connectivity index (χ2v) is 7.04. The van der Waals surface area contributed by atoms with Crippen molar-refractivity contribution in [3.63, 3.8) is 0 Å². The summed E-state index contributed by atoms with van der Waals surface area (Å²) < 4.78 is 46.1. The fourth-order valence-electron chi connectivity index (χ4n) is 3.97. The SMILES string of the molecule is CCCC1CCC(CC(O)c2ccc(OCC)c(F)c2C(F)F)CC1. The Labute approximate surface area is 148 Å². The van der Waals surface area contributed by atoms with Gasteiger partial charge in [0.05, 0.1) is 18.3 Å². The van der Waals surface area contributed by atoms with Crippen LogP contribution in [0.3, 0.4) is 0 Å². The van der Waals surface area contributed by atoms with Gasteiger partial charge >= 0.3 is 0 Å². The first-order chi connectivity index (χ1) is 12.0. The first-order valence-electron chi connectivity index (χ1n) is 9.39. The molecule has 0 aliphatic heterocycles. The van der Waals surface area contributed by atoms with Gasteiger partial charge in [-0.1, -0.05) is 51.5 Å². The molecule has 0 bridgehead atoms. The Morgan fingerprint density at radius 2 is 1.76 bits per heavy atom. The van der Waals surface area contributed by atoms with Crippen molar-refractivity contribution in [1.82, 2.24) is 0 Å². The molecule has 2 rings (SSSR count). The Bertz CT molecular complexity index is 540. The van der Waals surface area contributed by atoms with E-state index in [4.69, 9.17) is 4.74 Å². The summed E-state index contributed by atoms with van der Waals surface area (Å²) in [5.41, 5.74) is -0.732. The Morgan fingerprint density at radius 1 is 1.12 bits per heavy atom. The average Bonchev–Trinajstić information content (AvgIpc) is 2.58. The summed E-state index contributed by atoms with van der Waals surface area (Å²) in [5, 5.41) is 10.5. The first-order valence-corrected chi connectivity index (χ1v) is 9.39. The van der Waals surface area contributed by atoms with Crippen LogP contribution in [-0.2, 0) is 0 Å². The van der Waals surface area contributed by atoms with Gasteiger partial charge < -0.3 is 9.84 Å². The molecule has 1 atom stereocenters. The van der Waals surface area contributed by atoms with Gasteiger partial charge in [-0.25, -0.2) is 13.2 Å². The molecule has 25 heavy (non-hydrogen) atoms. The minimum Gasteiger partial charge on any atom is -0.491 e. The molecule has 5 heteroatoms. The van der Waals surface area contributed by atoms with Crippen LogP contribution in [0.4, 0.5) is 13.2 Å². The summed E-state index contributed by atoms with van der Waals surface area (Å²) in [6.07, 6.45) is 3.04. The molecular formula is C20H29F3O2. The van der Waals surface area contributed by atoms with E-state index >= 15 is 0 Å². The lowest BCUT2D eigenvalue weighted by Crippen LogP contribution is -2.17. The maximum atomic E-state index is 14.3. The fraction of sp³-hybridized carbons (Fsp3) is 0.700. The van der Waals surface area contributed by atoms with Crippen LogP contribution in [0.5, 0.6) is 5.75 Å². The zero-order valence-electron chi connectivity index (χ0n) is 15.1. The molecule has 1 aliphatic rings. The van der Waals surface area contributed by atoms with E-state index in [0.717, 1.165) is 31.6 Å². The third-order valence-corrected chi connectivity index (χ3v) is 5.27. The fourth-order valence-corrected chi connectivity index (χ4v) is 3.97. The highest BCUT2D eigenvalue weighted by atomic mass is 19.3. The van der Waals surface area contributed by atoms with Gasteiger partial charge in [-0.15, -0.1) is 0 Å². The zero-order valence-corrected chi connectivity index (χ0v) is 15.1. The second-order valence-electron chi connectivity index (χ2n) is 7.04. The van der Waals surface area contributed by atoms with Crippen LogP contribution in [0.1, 0.15) is 82.4 Å². The van der Waals surface area contributed by atoms with Gasteiger partial charge in [0.2, 0.25) is 0 Å². The molecule has 142 valence electrons. The van der Waals surface area contributed by atoms with Crippen LogP contribution >= 0.6 is 0 Å². The number of benzene rings is 1. The highest BCUT2D eigenvalue weighted by Gasteiger charge is 2.28. The quantitative estimate of drug-likeness (QED) is 0.600. The van der Waals surface area contributed by atoms with E-state index in [0.29, 0.717) is 12.3 Å². The first kappa shape index (κ1) is 20.1. The third-order valence-electron chi connectivity index (χ3n) is 5.27.